The zero-order valence-electron chi connectivity index (χ0n) is 11.2. The first-order chi connectivity index (χ1) is 7.64. The van der Waals surface area contributed by atoms with Gasteiger partial charge in [0.1, 0.15) is 5.60 Å². The molecule has 1 saturated heterocycles. The van der Waals surface area contributed by atoms with Crippen molar-refractivity contribution < 1.29 is 9.84 Å². The lowest BCUT2D eigenvalue weighted by molar-refractivity contribution is -0.125. The van der Waals surface area contributed by atoms with Crippen LogP contribution in [0.2, 0.25) is 0 Å². The largest absolute Gasteiger partial charge is 0.386 e. The molecule has 4 heteroatoms. The highest BCUT2D eigenvalue weighted by Crippen LogP contribution is 2.46. The summed E-state index contributed by atoms with van der Waals surface area (Å²) in [6.45, 7) is 9.95. The van der Waals surface area contributed by atoms with Gasteiger partial charge < -0.3 is 9.84 Å². The summed E-state index contributed by atoms with van der Waals surface area (Å²) in [5, 5.41) is 13.9. The number of hydrogen-bond donors (Lipinski definition) is 1. The molecule has 17 heavy (non-hydrogen) atoms. The third-order valence-electron chi connectivity index (χ3n) is 3.48. The minimum absolute atomic E-state index is 0.273. The molecule has 3 nitrogen and oxygen atoms in total. The number of aromatic nitrogens is 1. The van der Waals surface area contributed by atoms with Gasteiger partial charge in [0.25, 0.3) is 0 Å². The number of thiazole rings is 1. The Kier molecular flexibility index (Phi) is 2.88. The Balaban J connectivity index is 2.24. The lowest BCUT2D eigenvalue weighted by Crippen LogP contribution is -2.48. The van der Waals surface area contributed by atoms with Gasteiger partial charge >= 0.3 is 0 Å². The second-order valence-corrected chi connectivity index (χ2v) is 7.08. The van der Waals surface area contributed by atoms with Gasteiger partial charge in [-0.15, -0.1) is 11.3 Å². The van der Waals surface area contributed by atoms with Crippen LogP contribution < -0.4 is 0 Å². The Labute approximate surface area is 107 Å². The van der Waals surface area contributed by atoms with Crippen molar-refractivity contribution in [2.75, 3.05) is 0 Å². The Bertz CT molecular complexity index is 425. The molecule has 0 aromatic carbocycles. The molecular formula is C13H21NO2S. The predicted molar refractivity (Wildman–Crippen MR) is 69.4 cm³/mol. The molecule has 0 radical (unpaired) electrons. The zero-order chi connectivity index (χ0) is 12.9. The van der Waals surface area contributed by atoms with Crippen molar-refractivity contribution in [2.45, 2.75) is 64.3 Å². The predicted octanol–water partition coefficient (Wildman–Crippen LogP) is 2.70. The van der Waals surface area contributed by atoms with E-state index in [1.807, 2.05) is 40.0 Å². The van der Waals surface area contributed by atoms with E-state index in [2.05, 4.69) is 4.98 Å². The molecule has 1 aromatic heterocycles. The molecule has 2 rings (SSSR count). The van der Waals surface area contributed by atoms with Crippen LogP contribution in [0.5, 0.6) is 0 Å². The van der Waals surface area contributed by atoms with E-state index >= 15 is 0 Å². The molecule has 0 aliphatic carbocycles. The SMILES string of the molecule is Cc1csc(CC2(O)CC(C)(C)OC2(C)C)n1. The van der Waals surface area contributed by atoms with Crippen molar-refractivity contribution in [2.24, 2.45) is 0 Å². The highest BCUT2D eigenvalue weighted by atomic mass is 32.1. The molecule has 2 heterocycles. The van der Waals surface area contributed by atoms with Crippen molar-refractivity contribution in [1.82, 2.24) is 4.98 Å². The molecule has 0 spiro atoms. The molecule has 1 atom stereocenters. The summed E-state index contributed by atoms with van der Waals surface area (Å²) in [6, 6.07) is 0. The summed E-state index contributed by atoms with van der Waals surface area (Å²) in [4.78, 5) is 4.44. The number of hydrogen-bond acceptors (Lipinski definition) is 4. The second kappa shape index (κ2) is 3.77. The van der Waals surface area contributed by atoms with E-state index in [-0.39, 0.29) is 5.60 Å². The Morgan fingerprint density at radius 2 is 2.06 bits per heavy atom. The van der Waals surface area contributed by atoms with Crippen LogP contribution >= 0.6 is 11.3 Å². The molecule has 1 unspecified atom stereocenters. The maximum Gasteiger partial charge on any atom is 0.102 e. The van der Waals surface area contributed by atoms with E-state index in [0.29, 0.717) is 12.8 Å². The molecule has 0 saturated carbocycles. The van der Waals surface area contributed by atoms with Crippen LogP contribution in [-0.4, -0.2) is 26.9 Å². The van der Waals surface area contributed by atoms with Crippen LogP contribution in [0.15, 0.2) is 5.38 Å². The fourth-order valence-corrected chi connectivity index (χ4v) is 3.63. The molecular weight excluding hydrogens is 234 g/mol. The molecule has 1 N–H and O–H groups in total. The summed E-state index contributed by atoms with van der Waals surface area (Å²) in [7, 11) is 0. The third kappa shape index (κ3) is 2.39. The monoisotopic (exact) mass is 255 g/mol. The highest BCUT2D eigenvalue weighted by molar-refractivity contribution is 7.09. The van der Waals surface area contributed by atoms with Crippen molar-refractivity contribution >= 4 is 11.3 Å². The van der Waals surface area contributed by atoms with E-state index in [1.54, 1.807) is 11.3 Å². The number of nitrogens with zero attached hydrogens (tertiary/aromatic N) is 1. The third-order valence-corrected chi connectivity index (χ3v) is 4.45. The lowest BCUT2D eigenvalue weighted by Gasteiger charge is -2.34. The van der Waals surface area contributed by atoms with Gasteiger partial charge in [0.05, 0.1) is 16.2 Å². The minimum atomic E-state index is -0.833. The van der Waals surface area contributed by atoms with Crippen molar-refractivity contribution in [1.29, 1.82) is 0 Å². The maximum absolute atomic E-state index is 10.9. The molecule has 0 amide bonds. The average Bonchev–Trinajstić information content (AvgIpc) is 2.52. The van der Waals surface area contributed by atoms with Crippen molar-refractivity contribution in [3.8, 4) is 0 Å². The van der Waals surface area contributed by atoms with Crippen LogP contribution in [0, 0.1) is 6.92 Å². The van der Waals surface area contributed by atoms with Gasteiger partial charge in [-0.3, -0.25) is 0 Å². The van der Waals surface area contributed by atoms with Gasteiger partial charge in [0, 0.05) is 23.9 Å². The first-order valence-electron chi connectivity index (χ1n) is 5.97. The van der Waals surface area contributed by atoms with E-state index in [0.717, 1.165) is 10.7 Å². The van der Waals surface area contributed by atoms with Crippen LogP contribution in [0.1, 0.15) is 44.8 Å². The first kappa shape index (κ1) is 13.0. The van der Waals surface area contributed by atoms with Crippen LogP contribution in [0.3, 0.4) is 0 Å². The number of ether oxygens (including phenoxy) is 1. The summed E-state index contributed by atoms with van der Waals surface area (Å²) in [6.07, 6.45) is 1.22. The highest BCUT2D eigenvalue weighted by Gasteiger charge is 2.56. The molecule has 0 bridgehead atoms. The van der Waals surface area contributed by atoms with Gasteiger partial charge in [0.15, 0.2) is 0 Å². The Morgan fingerprint density at radius 1 is 1.41 bits per heavy atom. The van der Waals surface area contributed by atoms with E-state index in [1.165, 1.54) is 0 Å². The molecule has 1 aliphatic heterocycles. The summed E-state index contributed by atoms with van der Waals surface area (Å²) in [5.41, 5.74) is -0.619. The smallest absolute Gasteiger partial charge is 0.102 e. The molecule has 1 aliphatic rings. The fourth-order valence-electron chi connectivity index (χ4n) is 2.75. The topological polar surface area (TPSA) is 42.4 Å². The maximum atomic E-state index is 10.9. The van der Waals surface area contributed by atoms with Crippen LogP contribution in [0.4, 0.5) is 0 Å². The van der Waals surface area contributed by atoms with Gasteiger partial charge in [-0.05, 0) is 34.6 Å². The lowest BCUT2D eigenvalue weighted by atomic mass is 9.80. The molecule has 1 aromatic rings. The van der Waals surface area contributed by atoms with Gasteiger partial charge in [0.2, 0.25) is 0 Å². The Morgan fingerprint density at radius 3 is 2.47 bits per heavy atom. The van der Waals surface area contributed by atoms with Gasteiger partial charge in [-0.2, -0.15) is 0 Å². The minimum Gasteiger partial charge on any atom is -0.386 e. The Hall–Kier alpha value is -0.450. The summed E-state index contributed by atoms with van der Waals surface area (Å²) in [5.74, 6) is 0. The quantitative estimate of drug-likeness (QED) is 0.883. The number of aliphatic hydroxyl groups is 1. The summed E-state index contributed by atoms with van der Waals surface area (Å²) >= 11 is 1.61. The first-order valence-corrected chi connectivity index (χ1v) is 6.85. The second-order valence-electron chi connectivity index (χ2n) is 6.14. The fraction of sp³-hybridized carbons (Fsp3) is 0.769. The van der Waals surface area contributed by atoms with E-state index in [9.17, 15) is 5.11 Å². The molecule has 96 valence electrons. The number of aryl methyl sites for hydroxylation is 1. The van der Waals surface area contributed by atoms with E-state index < -0.39 is 11.2 Å². The van der Waals surface area contributed by atoms with Crippen molar-refractivity contribution in [3.05, 3.63) is 16.1 Å². The number of rotatable bonds is 2. The normalized spacial score (nSPS) is 30.7. The molecule has 1 fully saturated rings. The van der Waals surface area contributed by atoms with Gasteiger partial charge in [-0.25, -0.2) is 4.98 Å². The average molecular weight is 255 g/mol. The van der Waals surface area contributed by atoms with Gasteiger partial charge in [-0.1, -0.05) is 0 Å². The zero-order valence-corrected chi connectivity index (χ0v) is 12.0. The summed E-state index contributed by atoms with van der Waals surface area (Å²) < 4.78 is 5.96. The van der Waals surface area contributed by atoms with Crippen LogP contribution in [0.25, 0.3) is 0 Å². The van der Waals surface area contributed by atoms with Crippen molar-refractivity contribution in [3.63, 3.8) is 0 Å². The standard InChI is InChI=1S/C13H21NO2S/c1-9-7-17-10(14-9)6-13(15)8-11(2,3)16-12(13,4)5/h7,15H,6,8H2,1-5H3. The van der Waals surface area contributed by atoms with E-state index in [4.69, 9.17) is 4.74 Å². The van der Waals surface area contributed by atoms with Crippen LogP contribution in [-0.2, 0) is 11.2 Å².